The summed E-state index contributed by atoms with van der Waals surface area (Å²) in [5, 5.41) is 8.26. The Hall–Kier alpha value is -0.210. The Kier molecular flexibility index (Phi) is 1.68. The number of alkyl halides is 1. The molecule has 2 nitrogen and oxygen atoms in total. The molecule has 0 spiro atoms. The van der Waals surface area contributed by atoms with Crippen molar-refractivity contribution in [1.82, 2.24) is 0 Å². The molecule has 1 aliphatic rings. The first kappa shape index (κ1) is 6.90. The second kappa shape index (κ2) is 2.20. The van der Waals surface area contributed by atoms with Crippen LogP contribution in [-0.2, 0) is 4.79 Å². The Morgan fingerprint density at radius 2 is 2.22 bits per heavy atom. The number of carbonyl (C=O) groups is 1. The lowest BCUT2D eigenvalue weighted by atomic mass is 10.3. The quantitative estimate of drug-likeness (QED) is 0.556. The van der Waals surface area contributed by atoms with Crippen LogP contribution in [0.4, 0.5) is 0 Å². The van der Waals surface area contributed by atoms with E-state index in [1.54, 1.807) is 0 Å². The van der Waals surface area contributed by atoms with Gasteiger partial charge in [0.25, 0.3) is 0 Å². The summed E-state index contributed by atoms with van der Waals surface area (Å²) in [6.07, 6.45) is 0.258. The van der Waals surface area contributed by atoms with Crippen LogP contribution in [0, 0.1) is 0 Å². The topological polar surface area (TPSA) is 37.3 Å². The Morgan fingerprint density at radius 3 is 2.33 bits per heavy atom. The molecule has 50 valence electrons. The fourth-order valence-electron chi connectivity index (χ4n) is 0.629. The van der Waals surface area contributed by atoms with Crippen LogP contribution in [0.2, 0.25) is 0 Å². The maximum atomic E-state index is 10.6. The molecule has 0 saturated carbocycles. The number of allylic oxidation sites excluding steroid dienone is 2. The van der Waals surface area contributed by atoms with Gasteiger partial charge >= 0.3 is 0 Å². The number of Topliss-reactive ketones (excluding diaryl/α,β-unsaturated/α-hetero) is 1. The summed E-state index contributed by atoms with van der Waals surface area (Å²) >= 11 is 10.8. The summed E-state index contributed by atoms with van der Waals surface area (Å²) in [6, 6.07) is 0. The number of ketones is 1. The van der Waals surface area contributed by atoms with Crippen molar-refractivity contribution < 1.29 is 9.90 Å². The van der Waals surface area contributed by atoms with Crippen LogP contribution in [0.25, 0.3) is 0 Å². The number of hydrogen-bond donors (Lipinski definition) is 1. The fourth-order valence-corrected chi connectivity index (χ4v) is 1.21. The summed E-state index contributed by atoms with van der Waals surface area (Å²) < 4.78 is 0. The monoisotopic (exact) mass is 166 g/mol. The molecule has 0 amide bonds. The highest BCUT2D eigenvalue weighted by atomic mass is 35.5. The van der Waals surface area contributed by atoms with Crippen molar-refractivity contribution in [2.24, 2.45) is 0 Å². The van der Waals surface area contributed by atoms with E-state index in [1.165, 1.54) is 0 Å². The molecule has 1 aliphatic carbocycles. The predicted octanol–water partition coefficient (Wildman–Crippen LogP) is 1.57. The van der Waals surface area contributed by atoms with Gasteiger partial charge in [-0.2, -0.15) is 0 Å². The molecule has 1 N–H and O–H groups in total. The van der Waals surface area contributed by atoms with Gasteiger partial charge in [-0.15, -0.1) is 11.6 Å². The van der Waals surface area contributed by atoms with Crippen LogP contribution >= 0.6 is 23.2 Å². The van der Waals surface area contributed by atoms with E-state index < -0.39 is 11.2 Å². The third kappa shape index (κ3) is 1.05. The van der Waals surface area contributed by atoms with Crippen LogP contribution in [0.1, 0.15) is 6.42 Å². The highest BCUT2D eigenvalue weighted by Crippen LogP contribution is 2.27. The Balaban J connectivity index is 2.87. The summed E-state index contributed by atoms with van der Waals surface area (Å²) in [6.45, 7) is 0. The van der Waals surface area contributed by atoms with Gasteiger partial charge in [-0.1, -0.05) is 11.6 Å². The minimum absolute atomic E-state index is 0.167. The van der Waals surface area contributed by atoms with E-state index >= 15 is 0 Å². The van der Waals surface area contributed by atoms with Crippen LogP contribution in [-0.4, -0.2) is 16.3 Å². The van der Waals surface area contributed by atoms with Crippen LogP contribution in [0.5, 0.6) is 0 Å². The summed E-state index contributed by atoms with van der Waals surface area (Å²) in [4.78, 5) is 10.6. The molecule has 9 heavy (non-hydrogen) atoms. The zero-order valence-electron chi connectivity index (χ0n) is 4.40. The molecule has 0 aromatic carbocycles. The van der Waals surface area contributed by atoms with E-state index in [0.717, 1.165) is 0 Å². The molecule has 1 rings (SSSR count). The Morgan fingerprint density at radius 1 is 1.67 bits per heavy atom. The lowest BCUT2D eigenvalue weighted by molar-refractivity contribution is -0.116. The summed E-state index contributed by atoms with van der Waals surface area (Å²) in [5.41, 5.74) is 0. The van der Waals surface area contributed by atoms with Gasteiger partial charge in [-0.3, -0.25) is 4.79 Å². The molecule has 0 aliphatic heterocycles. The lowest BCUT2D eigenvalue weighted by Crippen LogP contribution is -2.08. The Labute approximate surface area is 62.1 Å². The van der Waals surface area contributed by atoms with E-state index in [9.17, 15) is 4.79 Å². The molecule has 0 aromatic heterocycles. The fraction of sp³-hybridized carbons (Fsp3) is 0.400. The van der Waals surface area contributed by atoms with Gasteiger partial charge in [0.1, 0.15) is 5.38 Å². The van der Waals surface area contributed by atoms with Gasteiger partial charge in [-0.05, 0) is 0 Å². The highest BCUT2D eigenvalue weighted by Gasteiger charge is 2.30. The van der Waals surface area contributed by atoms with Crippen molar-refractivity contribution in [3.63, 3.8) is 0 Å². The van der Waals surface area contributed by atoms with Crippen LogP contribution in [0.3, 0.4) is 0 Å². The molecule has 1 atom stereocenters. The lowest BCUT2D eigenvalue weighted by Gasteiger charge is -1.90. The second-order valence-electron chi connectivity index (χ2n) is 1.79. The third-order valence-corrected chi connectivity index (χ3v) is 1.82. The predicted molar refractivity (Wildman–Crippen MR) is 34.8 cm³/mol. The first-order valence-electron chi connectivity index (χ1n) is 2.39. The van der Waals surface area contributed by atoms with Crippen LogP contribution in [0.15, 0.2) is 10.8 Å². The number of carbonyl (C=O) groups excluding carboxylic acids is 1. The molecule has 0 fully saturated rings. The average molecular weight is 167 g/mol. The van der Waals surface area contributed by atoms with Gasteiger partial charge < -0.3 is 5.11 Å². The molecule has 1 unspecified atom stereocenters. The molecule has 4 heteroatoms. The summed E-state index contributed by atoms with van der Waals surface area (Å²) in [7, 11) is 0. The zero-order valence-corrected chi connectivity index (χ0v) is 5.91. The number of hydrogen-bond acceptors (Lipinski definition) is 2. The van der Waals surface area contributed by atoms with Gasteiger partial charge in [0.15, 0.2) is 5.76 Å². The number of rotatable bonds is 0. The standard InChI is InChI=1S/C5H4Cl2O2/c6-2-1-3(7)5(9)4(2)8/h2,9H,1H2. The molecule has 0 radical (unpaired) electrons. The molecule has 0 aromatic rings. The van der Waals surface area contributed by atoms with E-state index in [-0.39, 0.29) is 17.2 Å². The SMILES string of the molecule is O=C1C(O)=C(Cl)CC1Cl. The molecular formula is C5H4Cl2O2. The summed E-state index contributed by atoms with van der Waals surface area (Å²) in [5.74, 6) is -0.849. The van der Waals surface area contributed by atoms with Gasteiger partial charge in [0.05, 0.1) is 5.03 Å². The number of halogens is 2. The van der Waals surface area contributed by atoms with Crippen molar-refractivity contribution in [1.29, 1.82) is 0 Å². The van der Waals surface area contributed by atoms with E-state index in [1.807, 2.05) is 0 Å². The third-order valence-electron chi connectivity index (χ3n) is 1.13. The number of aliphatic hydroxyl groups excluding tert-OH is 1. The second-order valence-corrected chi connectivity index (χ2v) is 2.77. The minimum Gasteiger partial charge on any atom is -0.504 e. The molecule has 0 bridgehead atoms. The Bertz CT molecular complexity index is 185. The van der Waals surface area contributed by atoms with Crippen molar-refractivity contribution in [2.75, 3.05) is 0 Å². The van der Waals surface area contributed by atoms with Crippen molar-refractivity contribution in [3.8, 4) is 0 Å². The van der Waals surface area contributed by atoms with Crippen molar-refractivity contribution >= 4 is 29.0 Å². The first-order valence-corrected chi connectivity index (χ1v) is 3.20. The maximum absolute atomic E-state index is 10.6. The van der Waals surface area contributed by atoms with Crippen molar-refractivity contribution in [2.45, 2.75) is 11.8 Å². The zero-order chi connectivity index (χ0) is 7.02. The number of aliphatic hydroxyl groups is 1. The van der Waals surface area contributed by atoms with E-state index in [0.29, 0.717) is 0 Å². The van der Waals surface area contributed by atoms with E-state index in [4.69, 9.17) is 28.3 Å². The molecular weight excluding hydrogens is 163 g/mol. The van der Waals surface area contributed by atoms with Gasteiger partial charge in [0.2, 0.25) is 5.78 Å². The first-order chi connectivity index (χ1) is 4.13. The van der Waals surface area contributed by atoms with Crippen LogP contribution < -0.4 is 0 Å². The normalized spacial score (nSPS) is 27.8. The molecule has 0 saturated heterocycles. The average Bonchev–Trinajstić information content (AvgIpc) is 1.98. The highest BCUT2D eigenvalue weighted by molar-refractivity contribution is 6.40. The molecule has 0 heterocycles. The van der Waals surface area contributed by atoms with E-state index in [2.05, 4.69) is 0 Å². The maximum Gasteiger partial charge on any atom is 0.216 e. The van der Waals surface area contributed by atoms with Crippen molar-refractivity contribution in [3.05, 3.63) is 10.8 Å². The van der Waals surface area contributed by atoms with Gasteiger partial charge in [0, 0.05) is 6.42 Å². The minimum atomic E-state index is -0.655. The van der Waals surface area contributed by atoms with Gasteiger partial charge in [-0.25, -0.2) is 0 Å². The largest absolute Gasteiger partial charge is 0.504 e. The smallest absolute Gasteiger partial charge is 0.216 e.